The van der Waals surface area contributed by atoms with E-state index in [1.807, 2.05) is 24.3 Å². The fraction of sp³-hybridized carbons (Fsp3) is 0.412. The molecule has 1 N–H and O–H groups in total. The Morgan fingerprint density at radius 1 is 1.14 bits per heavy atom. The molecule has 1 saturated carbocycles. The predicted octanol–water partition coefficient (Wildman–Crippen LogP) is 1.87. The smallest absolute Gasteiger partial charge is 0.235 e. The zero-order valence-electron chi connectivity index (χ0n) is 12.4. The SMILES string of the molecule is COc1ccccc1NCN1C(=O)C2C3C=CC(C3)C2C1=O. The maximum Gasteiger partial charge on any atom is 0.235 e. The van der Waals surface area contributed by atoms with Crippen LogP contribution in [0.1, 0.15) is 6.42 Å². The van der Waals surface area contributed by atoms with Gasteiger partial charge in [-0.05, 0) is 30.4 Å². The van der Waals surface area contributed by atoms with Crippen LogP contribution >= 0.6 is 0 Å². The third-order valence-corrected chi connectivity index (χ3v) is 5.10. The first-order valence-corrected chi connectivity index (χ1v) is 7.61. The lowest BCUT2D eigenvalue weighted by Gasteiger charge is -2.19. The van der Waals surface area contributed by atoms with E-state index < -0.39 is 0 Å². The summed E-state index contributed by atoms with van der Waals surface area (Å²) in [7, 11) is 1.60. The summed E-state index contributed by atoms with van der Waals surface area (Å²) in [6, 6.07) is 7.48. The molecule has 4 rings (SSSR count). The second-order valence-corrected chi connectivity index (χ2v) is 6.14. The molecular formula is C17H18N2O3. The van der Waals surface area contributed by atoms with Gasteiger partial charge in [0.25, 0.3) is 0 Å². The molecule has 22 heavy (non-hydrogen) atoms. The molecule has 2 aliphatic carbocycles. The summed E-state index contributed by atoms with van der Waals surface area (Å²) >= 11 is 0. The van der Waals surface area contributed by atoms with Crippen molar-refractivity contribution in [1.29, 1.82) is 0 Å². The molecule has 4 atom stereocenters. The zero-order chi connectivity index (χ0) is 15.3. The second-order valence-electron chi connectivity index (χ2n) is 6.14. The Labute approximate surface area is 128 Å². The van der Waals surface area contributed by atoms with E-state index in [9.17, 15) is 9.59 Å². The summed E-state index contributed by atoms with van der Waals surface area (Å²) in [5, 5.41) is 3.15. The summed E-state index contributed by atoms with van der Waals surface area (Å²) in [4.78, 5) is 26.5. The average molecular weight is 298 g/mol. The number of anilines is 1. The first kappa shape index (κ1) is 13.4. The van der Waals surface area contributed by atoms with Crippen LogP contribution in [-0.4, -0.2) is 30.5 Å². The summed E-state index contributed by atoms with van der Waals surface area (Å²) in [5.41, 5.74) is 0.781. The van der Waals surface area contributed by atoms with Crippen LogP contribution in [0.15, 0.2) is 36.4 Å². The van der Waals surface area contributed by atoms with Crippen molar-refractivity contribution in [2.24, 2.45) is 23.7 Å². The number of nitrogens with one attached hydrogen (secondary N) is 1. The average Bonchev–Trinajstić information content (AvgIpc) is 3.21. The number of imide groups is 1. The fourth-order valence-electron chi connectivity index (χ4n) is 4.07. The van der Waals surface area contributed by atoms with Gasteiger partial charge in [0, 0.05) is 0 Å². The maximum absolute atomic E-state index is 12.6. The van der Waals surface area contributed by atoms with Crippen LogP contribution < -0.4 is 10.1 Å². The summed E-state index contributed by atoms with van der Waals surface area (Å²) < 4.78 is 5.27. The molecule has 0 radical (unpaired) electrons. The molecule has 114 valence electrons. The molecule has 0 aromatic heterocycles. The Morgan fingerprint density at radius 3 is 2.41 bits per heavy atom. The minimum absolute atomic E-state index is 0.0331. The van der Waals surface area contributed by atoms with Crippen molar-refractivity contribution in [1.82, 2.24) is 4.90 Å². The zero-order valence-corrected chi connectivity index (χ0v) is 12.4. The van der Waals surface area contributed by atoms with Crippen LogP contribution in [0.3, 0.4) is 0 Å². The molecule has 5 nitrogen and oxygen atoms in total. The molecule has 2 fully saturated rings. The minimum Gasteiger partial charge on any atom is -0.495 e. The number of nitrogens with zero attached hydrogens (tertiary/aromatic N) is 1. The van der Waals surface area contributed by atoms with Crippen LogP contribution in [-0.2, 0) is 9.59 Å². The number of hydrogen-bond acceptors (Lipinski definition) is 4. The Kier molecular flexibility index (Phi) is 2.96. The van der Waals surface area contributed by atoms with Crippen molar-refractivity contribution in [3.05, 3.63) is 36.4 Å². The van der Waals surface area contributed by atoms with Gasteiger partial charge in [-0.15, -0.1) is 0 Å². The number of benzene rings is 1. The number of ether oxygens (including phenoxy) is 1. The molecule has 1 aromatic rings. The number of fused-ring (bicyclic) bond motifs is 5. The molecule has 4 unspecified atom stereocenters. The molecule has 5 heteroatoms. The van der Waals surface area contributed by atoms with Crippen LogP contribution in [0.25, 0.3) is 0 Å². The summed E-state index contributed by atoms with van der Waals surface area (Å²) in [6.45, 7) is 0.199. The van der Waals surface area contributed by atoms with E-state index in [2.05, 4.69) is 17.5 Å². The van der Waals surface area contributed by atoms with Crippen molar-refractivity contribution < 1.29 is 14.3 Å². The Balaban J connectivity index is 1.50. The van der Waals surface area contributed by atoms with E-state index in [0.29, 0.717) is 5.75 Å². The van der Waals surface area contributed by atoms with E-state index in [0.717, 1.165) is 12.1 Å². The molecule has 1 heterocycles. The number of carbonyl (C=O) groups is 2. The standard InChI is InChI=1S/C17H18N2O3/c1-22-13-5-3-2-4-12(13)18-9-19-16(20)14-10-6-7-11(8-10)15(14)17(19)21/h2-7,10-11,14-15,18H,8-9H2,1H3. The normalized spacial score (nSPS) is 31.8. The molecule has 1 saturated heterocycles. The van der Waals surface area contributed by atoms with Crippen molar-refractivity contribution >= 4 is 17.5 Å². The van der Waals surface area contributed by atoms with E-state index >= 15 is 0 Å². The van der Waals surface area contributed by atoms with Crippen LogP contribution in [0.2, 0.25) is 0 Å². The van der Waals surface area contributed by atoms with Crippen molar-refractivity contribution in [2.75, 3.05) is 19.1 Å². The number of likely N-dealkylation sites (tertiary alicyclic amines) is 1. The number of amides is 2. The highest BCUT2D eigenvalue weighted by Gasteiger charge is 2.59. The number of rotatable bonds is 4. The van der Waals surface area contributed by atoms with Gasteiger partial charge in [-0.2, -0.15) is 0 Å². The van der Waals surface area contributed by atoms with E-state index in [4.69, 9.17) is 4.74 Å². The third-order valence-electron chi connectivity index (χ3n) is 5.10. The Bertz CT molecular complexity index is 640. The molecule has 1 aromatic carbocycles. The number of para-hydroxylation sites is 2. The van der Waals surface area contributed by atoms with Crippen LogP contribution in [0.5, 0.6) is 5.75 Å². The highest BCUT2D eigenvalue weighted by atomic mass is 16.5. The molecule has 2 bridgehead atoms. The topological polar surface area (TPSA) is 58.6 Å². The van der Waals surface area contributed by atoms with Crippen molar-refractivity contribution in [2.45, 2.75) is 6.42 Å². The Hall–Kier alpha value is -2.30. The van der Waals surface area contributed by atoms with Crippen LogP contribution in [0.4, 0.5) is 5.69 Å². The van der Waals surface area contributed by atoms with Crippen LogP contribution in [0, 0.1) is 23.7 Å². The van der Waals surface area contributed by atoms with Gasteiger partial charge in [0.15, 0.2) is 0 Å². The van der Waals surface area contributed by atoms with Gasteiger partial charge < -0.3 is 10.1 Å². The van der Waals surface area contributed by atoms with E-state index in [1.54, 1.807) is 7.11 Å². The van der Waals surface area contributed by atoms with Gasteiger partial charge >= 0.3 is 0 Å². The van der Waals surface area contributed by atoms with E-state index in [1.165, 1.54) is 4.90 Å². The lowest BCUT2D eigenvalue weighted by Crippen LogP contribution is -2.37. The summed E-state index contributed by atoms with van der Waals surface area (Å²) in [6.07, 6.45) is 5.17. The quantitative estimate of drug-likeness (QED) is 0.681. The van der Waals surface area contributed by atoms with Crippen molar-refractivity contribution in [3.63, 3.8) is 0 Å². The number of methoxy groups -OCH3 is 1. The number of allylic oxidation sites excluding steroid dienone is 2. The third kappa shape index (κ3) is 1.78. The lowest BCUT2D eigenvalue weighted by atomic mass is 9.85. The van der Waals surface area contributed by atoms with E-state index in [-0.39, 0.29) is 42.2 Å². The minimum atomic E-state index is -0.137. The first-order valence-electron chi connectivity index (χ1n) is 7.61. The van der Waals surface area contributed by atoms with Crippen molar-refractivity contribution in [3.8, 4) is 5.75 Å². The van der Waals surface area contributed by atoms with Gasteiger partial charge in [0.2, 0.25) is 11.8 Å². The second kappa shape index (κ2) is 4.87. The van der Waals surface area contributed by atoms with Gasteiger partial charge in [-0.1, -0.05) is 24.3 Å². The fourth-order valence-corrected chi connectivity index (χ4v) is 4.07. The van der Waals surface area contributed by atoms with Gasteiger partial charge in [-0.25, -0.2) is 0 Å². The Morgan fingerprint density at radius 2 is 1.77 bits per heavy atom. The maximum atomic E-state index is 12.6. The van der Waals surface area contributed by atoms with Gasteiger partial charge in [0.1, 0.15) is 5.75 Å². The molecule has 3 aliphatic rings. The van der Waals surface area contributed by atoms with Gasteiger partial charge in [0.05, 0.1) is 31.3 Å². The molecule has 2 amide bonds. The van der Waals surface area contributed by atoms with Gasteiger partial charge in [-0.3, -0.25) is 14.5 Å². The largest absolute Gasteiger partial charge is 0.495 e. The first-order chi connectivity index (χ1) is 10.7. The summed E-state index contributed by atoms with van der Waals surface area (Å²) in [5.74, 6) is 0.862. The number of hydrogen-bond donors (Lipinski definition) is 1. The predicted molar refractivity (Wildman–Crippen MR) is 81.1 cm³/mol. The molecular weight excluding hydrogens is 280 g/mol. The highest BCUT2D eigenvalue weighted by Crippen LogP contribution is 2.52. The molecule has 1 aliphatic heterocycles. The molecule has 0 spiro atoms. The monoisotopic (exact) mass is 298 g/mol. The lowest BCUT2D eigenvalue weighted by molar-refractivity contribution is -0.140. The highest BCUT2D eigenvalue weighted by molar-refractivity contribution is 6.06. The number of carbonyl (C=O) groups excluding carboxylic acids is 2.